The van der Waals surface area contributed by atoms with Gasteiger partial charge >= 0.3 is 0 Å². The number of nitrogens with zero attached hydrogens (tertiary/aromatic N) is 4. The van der Waals surface area contributed by atoms with Crippen molar-refractivity contribution in [3.05, 3.63) is 82.0 Å². The highest BCUT2D eigenvalue weighted by Crippen LogP contribution is 2.39. The minimum absolute atomic E-state index is 0.0185. The van der Waals surface area contributed by atoms with Gasteiger partial charge in [0.15, 0.2) is 0 Å². The summed E-state index contributed by atoms with van der Waals surface area (Å²) in [7, 11) is 4.95. The summed E-state index contributed by atoms with van der Waals surface area (Å²) in [6.07, 6.45) is 11.8. The van der Waals surface area contributed by atoms with Crippen molar-refractivity contribution in [2.75, 3.05) is 39.2 Å². The number of rotatable bonds is 17. The highest BCUT2D eigenvalue weighted by molar-refractivity contribution is 6.25. The van der Waals surface area contributed by atoms with Crippen molar-refractivity contribution in [2.45, 2.75) is 76.4 Å². The number of aryl methyl sites for hydroxylation is 1. The largest absolute Gasteiger partial charge is 0.496 e. The number of imide groups is 2. The fourth-order valence-corrected chi connectivity index (χ4v) is 8.14. The second-order valence-corrected chi connectivity index (χ2v) is 15.0. The quantitative estimate of drug-likeness (QED) is 0.103. The molecule has 3 N–H and O–H groups in total. The van der Waals surface area contributed by atoms with Gasteiger partial charge in [0.05, 0.1) is 42.3 Å². The van der Waals surface area contributed by atoms with Gasteiger partial charge in [-0.25, -0.2) is 0 Å². The Bertz CT molecular complexity index is 2300. The summed E-state index contributed by atoms with van der Waals surface area (Å²) in [5.41, 5.74) is 3.51. The molecule has 0 radical (unpaired) electrons. The Morgan fingerprint density at radius 2 is 1.60 bits per heavy atom. The van der Waals surface area contributed by atoms with E-state index < -0.39 is 29.7 Å². The molecule has 2 saturated heterocycles. The van der Waals surface area contributed by atoms with Gasteiger partial charge in [-0.3, -0.25) is 48.9 Å². The molecule has 7 rings (SSSR count). The minimum atomic E-state index is -0.995. The van der Waals surface area contributed by atoms with Crippen molar-refractivity contribution in [1.29, 1.82) is 0 Å². The first-order valence-electron chi connectivity index (χ1n) is 19.9. The summed E-state index contributed by atoms with van der Waals surface area (Å²) in [6.45, 7) is 2.49. The molecule has 1 unspecified atom stereocenters. The van der Waals surface area contributed by atoms with Crippen LogP contribution in [0.3, 0.4) is 0 Å². The van der Waals surface area contributed by atoms with E-state index in [0.717, 1.165) is 78.5 Å². The lowest BCUT2D eigenvalue weighted by atomic mass is 9.96. The van der Waals surface area contributed by atoms with E-state index in [0.29, 0.717) is 42.2 Å². The van der Waals surface area contributed by atoms with Crippen LogP contribution in [0.4, 0.5) is 5.69 Å². The molecule has 5 amide bonds. The lowest BCUT2D eigenvalue weighted by Crippen LogP contribution is -2.55. The number of methoxy groups -OCH3 is 2. The first-order valence-corrected chi connectivity index (χ1v) is 19.9. The number of likely N-dealkylation sites (tertiary alicyclic amines) is 1. The number of aromatic nitrogens is 2. The summed E-state index contributed by atoms with van der Waals surface area (Å²) in [5, 5.41) is 9.96. The molecule has 4 aromatic rings. The molecule has 3 aliphatic rings. The fraction of sp³-hybridized carbons (Fsp3) is 0.419. The zero-order valence-electron chi connectivity index (χ0n) is 33.1. The molecule has 2 fully saturated rings. The number of benzene rings is 2. The average Bonchev–Trinajstić information content (AvgIpc) is 3.47. The van der Waals surface area contributed by atoms with Crippen LogP contribution in [-0.2, 0) is 28.0 Å². The second kappa shape index (κ2) is 17.6. The van der Waals surface area contributed by atoms with Crippen molar-refractivity contribution in [3.8, 4) is 22.6 Å². The Hall–Kier alpha value is -6.09. The van der Waals surface area contributed by atoms with Gasteiger partial charge in [-0.15, -0.1) is 0 Å². The summed E-state index contributed by atoms with van der Waals surface area (Å²) in [5.74, 6) is -0.773. The van der Waals surface area contributed by atoms with Crippen molar-refractivity contribution in [1.82, 2.24) is 30.0 Å². The molecule has 0 saturated carbocycles. The van der Waals surface area contributed by atoms with Gasteiger partial charge in [0.2, 0.25) is 17.7 Å². The number of pyridine rings is 2. The number of piperidine rings is 1. The van der Waals surface area contributed by atoms with Crippen LogP contribution in [0.5, 0.6) is 11.5 Å². The number of carbonyl (C=O) groups excluding carboxylic acids is 5. The van der Waals surface area contributed by atoms with E-state index in [9.17, 15) is 28.8 Å². The van der Waals surface area contributed by atoms with Crippen molar-refractivity contribution in [2.24, 2.45) is 7.05 Å². The van der Waals surface area contributed by atoms with E-state index in [4.69, 9.17) is 9.47 Å². The van der Waals surface area contributed by atoms with E-state index in [2.05, 4.69) is 25.8 Å². The molecule has 2 atom stereocenters. The number of fused-ring (bicyclic) bond motifs is 2. The minimum Gasteiger partial charge on any atom is -0.496 e. The number of carbonyl (C=O) groups is 5. The normalized spacial score (nSPS) is 17.9. The van der Waals surface area contributed by atoms with Crippen LogP contribution in [0.25, 0.3) is 21.9 Å². The zero-order valence-corrected chi connectivity index (χ0v) is 33.1. The third-order valence-electron chi connectivity index (χ3n) is 11.4. The maximum atomic E-state index is 13.3. The molecule has 2 aromatic carbocycles. The molecule has 0 aliphatic carbocycles. The molecule has 304 valence electrons. The number of anilines is 1. The van der Waals surface area contributed by atoms with Crippen LogP contribution in [0.15, 0.2) is 59.8 Å². The third-order valence-corrected chi connectivity index (χ3v) is 11.4. The van der Waals surface area contributed by atoms with E-state index in [-0.39, 0.29) is 41.5 Å². The Kier molecular flexibility index (Phi) is 12.2. The number of hydrogen-bond donors (Lipinski definition) is 3. The van der Waals surface area contributed by atoms with Crippen molar-refractivity contribution >= 4 is 46.0 Å². The van der Waals surface area contributed by atoms with E-state index >= 15 is 0 Å². The Balaban J connectivity index is 0.832. The summed E-state index contributed by atoms with van der Waals surface area (Å²) >= 11 is 0. The number of unbranched alkanes of at least 4 members (excludes halogenated alkanes) is 5. The van der Waals surface area contributed by atoms with E-state index in [1.807, 2.05) is 24.4 Å². The highest BCUT2D eigenvalue weighted by atomic mass is 16.5. The molecule has 15 heteroatoms. The summed E-state index contributed by atoms with van der Waals surface area (Å²) in [6, 6.07) is 9.56. The van der Waals surface area contributed by atoms with Gasteiger partial charge < -0.3 is 24.7 Å². The standard InChI is InChI=1S/C43H49N7O8/c1-48-24-30(27-15-19-44-23-29(27)41(48)54)26-21-35(57-2)31(36(22-26)58-3)25-49-20-16-33(49)39(52)46-18-9-7-5-4-6-8-17-45-32-12-10-11-28-38(32)43(56)50(42(28)55)34-13-14-37(51)47-40(34)53/h10-12,15,19,21-24,33-34,45H,4-9,13-14,16-18,20,25H2,1-3H3,(H,46,52)(H,47,51,53)/t33-,34?/m1/s1. The molecular weight excluding hydrogens is 743 g/mol. The van der Waals surface area contributed by atoms with Gasteiger partial charge in [-0.1, -0.05) is 31.7 Å². The lowest BCUT2D eigenvalue weighted by molar-refractivity contribution is -0.136. The SMILES string of the molecule is COc1cc(-c2cn(C)c(=O)c3cnccc23)cc(OC)c1CN1CC[C@@H]1C(=O)NCCCCCCCCNc1cccc2c1C(=O)N(C1CCC(=O)NC1=O)C2=O. The van der Waals surface area contributed by atoms with Gasteiger partial charge in [-0.05, 0) is 67.0 Å². The van der Waals surface area contributed by atoms with Crippen LogP contribution >= 0.6 is 0 Å². The van der Waals surface area contributed by atoms with Gasteiger partial charge in [0.25, 0.3) is 17.4 Å². The molecule has 2 aromatic heterocycles. The molecule has 5 heterocycles. The Morgan fingerprint density at radius 3 is 2.29 bits per heavy atom. The topological polar surface area (TPSA) is 181 Å². The van der Waals surface area contributed by atoms with Crippen molar-refractivity contribution in [3.63, 3.8) is 0 Å². The molecule has 0 bridgehead atoms. The predicted molar refractivity (Wildman–Crippen MR) is 217 cm³/mol. The monoisotopic (exact) mass is 791 g/mol. The highest BCUT2D eigenvalue weighted by Gasteiger charge is 2.45. The van der Waals surface area contributed by atoms with Gasteiger partial charge in [-0.2, -0.15) is 0 Å². The first-order chi connectivity index (χ1) is 28.1. The average molecular weight is 792 g/mol. The van der Waals surface area contributed by atoms with Crippen LogP contribution in [-0.4, -0.2) is 94.8 Å². The second-order valence-electron chi connectivity index (χ2n) is 15.0. The van der Waals surface area contributed by atoms with E-state index in [1.165, 1.54) is 0 Å². The number of hydrogen-bond acceptors (Lipinski definition) is 11. The molecule has 3 aliphatic heterocycles. The maximum absolute atomic E-state index is 13.3. The fourth-order valence-electron chi connectivity index (χ4n) is 8.14. The number of ether oxygens (including phenoxy) is 2. The third kappa shape index (κ3) is 8.03. The number of amides is 5. The molecule has 58 heavy (non-hydrogen) atoms. The molecular formula is C43H49N7O8. The van der Waals surface area contributed by atoms with Gasteiger partial charge in [0.1, 0.15) is 17.5 Å². The van der Waals surface area contributed by atoms with Crippen LogP contribution < -0.4 is 31.0 Å². The molecule has 0 spiro atoms. The van der Waals surface area contributed by atoms with Crippen LogP contribution in [0.2, 0.25) is 0 Å². The molecule has 15 nitrogen and oxygen atoms in total. The smallest absolute Gasteiger partial charge is 0.264 e. The maximum Gasteiger partial charge on any atom is 0.264 e. The van der Waals surface area contributed by atoms with E-state index in [1.54, 1.807) is 56.4 Å². The van der Waals surface area contributed by atoms with Crippen molar-refractivity contribution < 1.29 is 33.4 Å². The predicted octanol–water partition coefficient (Wildman–Crippen LogP) is 4.16. The Morgan fingerprint density at radius 1 is 0.879 bits per heavy atom. The van der Waals surface area contributed by atoms with Gasteiger partial charge in [0, 0.05) is 69.5 Å². The van der Waals surface area contributed by atoms with Crippen LogP contribution in [0, 0.1) is 0 Å². The number of nitrogens with one attached hydrogen (secondary N) is 3. The first kappa shape index (κ1) is 40.1. The Labute approximate surface area is 336 Å². The zero-order chi connectivity index (χ0) is 40.9. The lowest BCUT2D eigenvalue weighted by Gasteiger charge is -2.40. The van der Waals surface area contributed by atoms with Crippen LogP contribution in [0.1, 0.15) is 84.1 Å². The summed E-state index contributed by atoms with van der Waals surface area (Å²) < 4.78 is 13.2. The summed E-state index contributed by atoms with van der Waals surface area (Å²) in [4.78, 5) is 83.6.